The number of allylic oxidation sites excluding steroid dienone is 1. The Bertz CT molecular complexity index is 727. The first-order chi connectivity index (χ1) is 11.1. The van der Waals surface area contributed by atoms with Gasteiger partial charge in [-0.15, -0.1) is 0 Å². The van der Waals surface area contributed by atoms with Crippen LogP contribution in [0.2, 0.25) is 0 Å². The first-order valence-corrected chi connectivity index (χ1v) is 8.05. The van der Waals surface area contributed by atoms with Gasteiger partial charge in [-0.1, -0.05) is 24.8 Å². The molecule has 1 aromatic heterocycles. The van der Waals surface area contributed by atoms with Crippen LogP contribution >= 0.6 is 0 Å². The van der Waals surface area contributed by atoms with Crippen LogP contribution in [0.5, 0.6) is 0 Å². The van der Waals surface area contributed by atoms with Gasteiger partial charge in [-0.25, -0.2) is 4.68 Å². The third kappa shape index (κ3) is 3.22. The molecule has 1 unspecified atom stereocenters. The molecule has 0 amide bonds. The van der Waals surface area contributed by atoms with Crippen LogP contribution in [0.25, 0.3) is 11.8 Å². The maximum absolute atomic E-state index is 5.97. The van der Waals surface area contributed by atoms with E-state index in [0.29, 0.717) is 0 Å². The molecule has 2 heterocycles. The Balaban J connectivity index is 1.82. The summed E-state index contributed by atoms with van der Waals surface area (Å²) < 4.78 is 1.99. The fraction of sp³-hybridized carbons (Fsp3) is 0.316. The summed E-state index contributed by atoms with van der Waals surface area (Å²) in [6.07, 6.45) is 5.23. The summed E-state index contributed by atoms with van der Waals surface area (Å²) in [4.78, 5) is 2.24. The number of benzene rings is 1. The fourth-order valence-electron chi connectivity index (χ4n) is 3.05. The standard InChI is InChI=1S/C19H24N4/c1-14(22-12-11-17(20)13-22)9-10-19-15(2)21-23(16(19)3)18-7-5-4-6-8-18/h4-10,17H,1,11-13,20H2,2-3H3/b10-9-. The second kappa shape index (κ2) is 6.42. The highest BCUT2D eigenvalue weighted by molar-refractivity contribution is 5.58. The van der Waals surface area contributed by atoms with Crippen LogP contribution in [0, 0.1) is 13.8 Å². The van der Waals surface area contributed by atoms with E-state index in [9.17, 15) is 0 Å². The van der Waals surface area contributed by atoms with Gasteiger partial charge >= 0.3 is 0 Å². The molecule has 0 spiro atoms. The molecule has 0 bridgehead atoms. The van der Waals surface area contributed by atoms with Gasteiger partial charge in [0.1, 0.15) is 0 Å². The molecule has 23 heavy (non-hydrogen) atoms. The van der Waals surface area contributed by atoms with Gasteiger partial charge in [-0.05, 0) is 44.6 Å². The minimum absolute atomic E-state index is 0.268. The van der Waals surface area contributed by atoms with E-state index in [-0.39, 0.29) is 6.04 Å². The first-order valence-electron chi connectivity index (χ1n) is 8.05. The molecule has 0 radical (unpaired) electrons. The molecule has 1 aliphatic heterocycles. The molecule has 0 aliphatic carbocycles. The number of likely N-dealkylation sites (tertiary alicyclic amines) is 1. The summed E-state index contributed by atoms with van der Waals surface area (Å²) in [5, 5.41) is 4.67. The van der Waals surface area contributed by atoms with Gasteiger partial charge in [0.15, 0.2) is 0 Å². The second-order valence-corrected chi connectivity index (χ2v) is 6.15. The van der Waals surface area contributed by atoms with Crippen LogP contribution in [-0.2, 0) is 0 Å². The zero-order valence-electron chi connectivity index (χ0n) is 13.9. The van der Waals surface area contributed by atoms with E-state index in [0.717, 1.165) is 47.8 Å². The molecule has 1 saturated heterocycles. The highest BCUT2D eigenvalue weighted by Gasteiger charge is 2.19. The molecule has 1 fully saturated rings. The lowest BCUT2D eigenvalue weighted by Gasteiger charge is -2.17. The van der Waals surface area contributed by atoms with Crippen molar-refractivity contribution in [3.8, 4) is 5.69 Å². The van der Waals surface area contributed by atoms with Gasteiger partial charge in [0.2, 0.25) is 0 Å². The maximum Gasteiger partial charge on any atom is 0.0673 e. The third-order valence-electron chi connectivity index (χ3n) is 4.42. The number of nitrogens with two attached hydrogens (primary N) is 1. The SMILES string of the molecule is C=C(/C=C\c1c(C)nn(-c2ccccc2)c1C)N1CCC(N)C1. The predicted molar refractivity (Wildman–Crippen MR) is 95.4 cm³/mol. The number of hydrogen-bond acceptors (Lipinski definition) is 3. The van der Waals surface area contributed by atoms with Crippen LogP contribution < -0.4 is 5.73 Å². The first kappa shape index (κ1) is 15.6. The average Bonchev–Trinajstić information content (AvgIpc) is 3.10. The van der Waals surface area contributed by atoms with Crippen LogP contribution in [0.4, 0.5) is 0 Å². The summed E-state index contributed by atoms with van der Waals surface area (Å²) in [6, 6.07) is 10.5. The molecule has 0 saturated carbocycles. The molecular weight excluding hydrogens is 284 g/mol. The average molecular weight is 308 g/mol. The normalized spacial score (nSPS) is 18.0. The smallest absolute Gasteiger partial charge is 0.0673 e. The molecule has 2 aromatic rings. The summed E-state index contributed by atoms with van der Waals surface area (Å²) in [5.41, 5.74) is 11.4. The van der Waals surface area contributed by atoms with Gasteiger partial charge in [-0.3, -0.25) is 0 Å². The Morgan fingerprint density at radius 3 is 2.70 bits per heavy atom. The van der Waals surface area contributed by atoms with Crippen molar-refractivity contribution in [2.75, 3.05) is 13.1 Å². The Morgan fingerprint density at radius 1 is 1.30 bits per heavy atom. The van der Waals surface area contributed by atoms with E-state index < -0.39 is 0 Å². The van der Waals surface area contributed by atoms with E-state index in [1.807, 2.05) is 29.8 Å². The van der Waals surface area contributed by atoms with Crippen LogP contribution in [0.15, 0.2) is 48.7 Å². The summed E-state index contributed by atoms with van der Waals surface area (Å²) >= 11 is 0. The zero-order chi connectivity index (χ0) is 16.4. The zero-order valence-corrected chi connectivity index (χ0v) is 13.9. The highest BCUT2D eigenvalue weighted by atomic mass is 15.3. The number of nitrogens with zero attached hydrogens (tertiary/aromatic N) is 3. The molecule has 1 aliphatic rings. The van der Waals surface area contributed by atoms with Crippen molar-refractivity contribution in [1.82, 2.24) is 14.7 Å². The topological polar surface area (TPSA) is 47.1 Å². The quantitative estimate of drug-likeness (QED) is 0.883. The van der Waals surface area contributed by atoms with Crippen molar-refractivity contribution in [1.29, 1.82) is 0 Å². The predicted octanol–water partition coefficient (Wildman–Crippen LogP) is 3.05. The largest absolute Gasteiger partial charge is 0.370 e. The van der Waals surface area contributed by atoms with Crippen molar-refractivity contribution < 1.29 is 0 Å². The summed E-state index contributed by atoms with van der Waals surface area (Å²) in [6.45, 7) is 10.2. The van der Waals surface area contributed by atoms with Gasteiger partial charge in [-0.2, -0.15) is 5.10 Å². The van der Waals surface area contributed by atoms with Crippen molar-refractivity contribution in [2.45, 2.75) is 26.3 Å². The fourth-order valence-corrected chi connectivity index (χ4v) is 3.05. The molecule has 1 atom stereocenters. The lowest BCUT2D eigenvalue weighted by molar-refractivity contribution is 0.435. The minimum Gasteiger partial charge on any atom is -0.370 e. The minimum atomic E-state index is 0.268. The van der Waals surface area contributed by atoms with E-state index >= 15 is 0 Å². The van der Waals surface area contributed by atoms with Gasteiger partial charge < -0.3 is 10.6 Å². The number of hydrogen-bond donors (Lipinski definition) is 1. The van der Waals surface area contributed by atoms with Crippen molar-refractivity contribution in [2.24, 2.45) is 5.73 Å². The monoisotopic (exact) mass is 308 g/mol. The number of para-hydroxylation sites is 1. The number of aromatic nitrogens is 2. The van der Waals surface area contributed by atoms with E-state index in [1.165, 1.54) is 0 Å². The van der Waals surface area contributed by atoms with Gasteiger partial charge in [0.05, 0.1) is 11.4 Å². The Hall–Kier alpha value is -2.33. The molecular formula is C19H24N4. The lowest BCUT2D eigenvalue weighted by atomic mass is 10.1. The number of aryl methyl sites for hydroxylation is 1. The number of rotatable bonds is 4. The van der Waals surface area contributed by atoms with Gasteiger partial charge in [0.25, 0.3) is 0 Å². The van der Waals surface area contributed by atoms with Crippen molar-refractivity contribution in [3.05, 3.63) is 65.6 Å². The van der Waals surface area contributed by atoms with Crippen molar-refractivity contribution >= 4 is 6.08 Å². The van der Waals surface area contributed by atoms with E-state index in [4.69, 9.17) is 5.73 Å². The van der Waals surface area contributed by atoms with Gasteiger partial charge in [0, 0.05) is 36.1 Å². The highest BCUT2D eigenvalue weighted by Crippen LogP contribution is 2.21. The Kier molecular flexibility index (Phi) is 4.35. The maximum atomic E-state index is 5.97. The lowest BCUT2D eigenvalue weighted by Crippen LogP contribution is -2.25. The van der Waals surface area contributed by atoms with E-state index in [2.05, 4.69) is 47.8 Å². The molecule has 4 nitrogen and oxygen atoms in total. The Morgan fingerprint density at radius 2 is 2.04 bits per heavy atom. The second-order valence-electron chi connectivity index (χ2n) is 6.15. The van der Waals surface area contributed by atoms with Crippen molar-refractivity contribution in [3.63, 3.8) is 0 Å². The molecule has 2 N–H and O–H groups in total. The molecule has 120 valence electrons. The van der Waals surface area contributed by atoms with Crippen LogP contribution in [-0.4, -0.2) is 33.8 Å². The molecule has 4 heteroatoms. The third-order valence-corrected chi connectivity index (χ3v) is 4.42. The molecule has 1 aromatic carbocycles. The summed E-state index contributed by atoms with van der Waals surface area (Å²) in [7, 11) is 0. The Labute approximate surface area is 137 Å². The van der Waals surface area contributed by atoms with E-state index in [1.54, 1.807) is 0 Å². The molecule has 3 rings (SSSR count). The van der Waals surface area contributed by atoms with Crippen LogP contribution in [0.3, 0.4) is 0 Å². The summed E-state index contributed by atoms with van der Waals surface area (Å²) in [5.74, 6) is 0. The van der Waals surface area contributed by atoms with Crippen LogP contribution in [0.1, 0.15) is 23.4 Å².